The molecule has 0 aromatic carbocycles. The molecule has 4 N–H and O–H groups in total. The highest BCUT2D eigenvalue weighted by Gasteiger charge is 2.15. The monoisotopic (exact) mass is 174 g/mol. The molecule has 0 heterocycles. The summed E-state index contributed by atoms with van der Waals surface area (Å²) in [6.07, 6.45) is 0.876. The minimum atomic E-state index is -0.763. The van der Waals surface area contributed by atoms with Crippen LogP contribution in [0.15, 0.2) is 5.16 Å². The van der Waals surface area contributed by atoms with Crippen molar-refractivity contribution in [1.29, 1.82) is 0 Å². The largest absolute Gasteiger partial charge is 0.411 e. The SMILES string of the molecule is C[C@H](C/C=N/O)[C@@H](O)CC(N)=O. The third kappa shape index (κ3) is 4.68. The molecule has 1 amide bonds. The molecule has 0 spiro atoms. The summed E-state index contributed by atoms with van der Waals surface area (Å²) in [7, 11) is 0. The highest BCUT2D eigenvalue weighted by molar-refractivity contribution is 5.74. The Kier molecular flexibility index (Phi) is 5.03. The normalized spacial score (nSPS) is 16.2. The Morgan fingerprint density at radius 3 is 2.75 bits per heavy atom. The highest BCUT2D eigenvalue weighted by atomic mass is 16.4. The van der Waals surface area contributed by atoms with Gasteiger partial charge in [0.15, 0.2) is 0 Å². The van der Waals surface area contributed by atoms with Gasteiger partial charge in [-0.1, -0.05) is 6.92 Å². The van der Waals surface area contributed by atoms with Gasteiger partial charge in [-0.25, -0.2) is 0 Å². The maximum atomic E-state index is 10.4. The molecule has 0 radical (unpaired) electrons. The molecule has 2 atom stereocenters. The fourth-order valence-corrected chi connectivity index (χ4v) is 0.778. The van der Waals surface area contributed by atoms with Crippen molar-refractivity contribution in [3.63, 3.8) is 0 Å². The van der Waals surface area contributed by atoms with E-state index < -0.39 is 12.0 Å². The Bertz CT molecular complexity index is 170. The summed E-state index contributed by atoms with van der Waals surface area (Å²) in [6.45, 7) is 1.75. The zero-order valence-corrected chi connectivity index (χ0v) is 6.97. The van der Waals surface area contributed by atoms with Gasteiger partial charge in [0.1, 0.15) is 0 Å². The van der Waals surface area contributed by atoms with Gasteiger partial charge in [0.25, 0.3) is 0 Å². The second-order valence-electron chi connectivity index (χ2n) is 2.75. The Morgan fingerprint density at radius 1 is 1.75 bits per heavy atom. The third-order valence-electron chi connectivity index (χ3n) is 1.63. The molecule has 0 aromatic rings. The van der Waals surface area contributed by atoms with Gasteiger partial charge in [-0.15, -0.1) is 5.16 Å². The summed E-state index contributed by atoms with van der Waals surface area (Å²) in [5.74, 6) is -0.663. The number of amides is 1. The molecule has 12 heavy (non-hydrogen) atoms. The number of aliphatic hydroxyl groups excluding tert-OH is 1. The fourth-order valence-electron chi connectivity index (χ4n) is 0.778. The van der Waals surface area contributed by atoms with Crippen molar-refractivity contribution in [3.05, 3.63) is 0 Å². The number of nitrogens with zero attached hydrogens (tertiary/aromatic N) is 1. The van der Waals surface area contributed by atoms with Crippen LogP contribution in [0, 0.1) is 5.92 Å². The average molecular weight is 174 g/mol. The van der Waals surface area contributed by atoms with Gasteiger partial charge in [-0.2, -0.15) is 0 Å². The van der Waals surface area contributed by atoms with Gasteiger partial charge in [0.05, 0.1) is 12.5 Å². The van der Waals surface area contributed by atoms with Gasteiger partial charge >= 0.3 is 0 Å². The van der Waals surface area contributed by atoms with Crippen LogP contribution < -0.4 is 5.73 Å². The molecular weight excluding hydrogens is 160 g/mol. The number of aliphatic hydroxyl groups is 1. The molecule has 0 saturated carbocycles. The molecule has 0 aliphatic heterocycles. The van der Waals surface area contributed by atoms with Crippen LogP contribution in [0.4, 0.5) is 0 Å². The number of oxime groups is 1. The number of nitrogens with two attached hydrogens (primary N) is 1. The first-order valence-corrected chi connectivity index (χ1v) is 3.70. The minimum absolute atomic E-state index is 0.0551. The number of rotatable bonds is 5. The van der Waals surface area contributed by atoms with E-state index in [1.165, 1.54) is 6.21 Å². The van der Waals surface area contributed by atoms with Crippen LogP contribution in [-0.4, -0.2) is 28.5 Å². The number of primary amides is 1. The lowest BCUT2D eigenvalue weighted by atomic mass is 9.99. The number of carbonyl (C=O) groups excluding carboxylic acids is 1. The van der Waals surface area contributed by atoms with E-state index in [1.807, 2.05) is 0 Å². The molecule has 0 saturated heterocycles. The Labute approximate surface area is 70.9 Å². The first-order valence-electron chi connectivity index (χ1n) is 3.70. The summed E-state index contributed by atoms with van der Waals surface area (Å²) >= 11 is 0. The number of hydrogen-bond donors (Lipinski definition) is 3. The number of carbonyl (C=O) groups is 1. The van der Waals surface area contributed by atoms with E-state index in [0.717, 1.165) is 0 Å². The predicted molar refractivity (Wildman–Crippen MR) is 43.9 cm³/mol. The molecule has 0 aromatic heterocycles. The number of hydrogen-bond acceptors (Lipinski definition) is 4. The summed E-state index contributed by atoms with van der Waals surface area (Å²) in [5.41, 5.74) is 4.88. The quantitative estimate of drug-likeness (QED) is 0.303. The van der Waals surface area contributed by atoms with Crippen molar-refractivity contribution in [2.75, 3.05) is 0 Å². The molecule has 0 fully saturated rings. The molecule has 70 valence electrons. The minimum Gasteiger partial charge on any atom is -0.411 e. The standard InChI is InChI=1S/C7H14N2O3/c1-5(2-3-9-12)6(10)4-7(8)11/h3,5-6,10,12H,2,4H2,1H3,(H2,8,11)/b9-3+/t5-,6+/m1/s1. The lowest BCUT2D eigenvalue weighted by Crippen LogP contribution is -2.25. The Morgan fingerprint density at radius 2 is 2.33 bits per heavy atom. The highest BCUT2D eigenvalue weighted by Crippen LogP contribution is 2.09. The molecule has 0 unspecified atom stereocenters. The van der Waals surface area contributed by atoms with Crippen LogP contribution in [0.25, 0.3) is 0 Å². The van der Waals surface area contributed by atoms with E-state index in [-0.39, 0.29) is 12.3 Å². The van der Waals surface area contributed by atoms with Crippen molar-refractivity contribution >= 4 is 12.1 Å². The molecule has 0 aliphatic carbocycles. The second kappa shape index (κ2) is 5.54. The van der Waals surface area contributed by atoms with Gasteiger partial charge in [0.2, 0.25) is 5.91 Å². The zero-order chi connectivity index (χ0) is 9.56. The van der Waals surface area contributed by atoms with Crippen LogP contribution >= 0.6 is 0 Å². The molecule has 0 aliphatic rings. The summed E-state index contributed by atoms with van der Waals surface area (Å²) in [5, 5.41) is 20.1. The Hall–Kier alpha value is -1.10. The van der Waals surface area contributed by atoms with E-state index in [4.69, 9.17) is 10.9 Å². The smallest absolute Gasteiger partial charge is 0.220 e. The second-order valence-corrected chi connectivity index (χ2v) is 2.75. The predicted octanol–water partition coefficient (Wildman–Crippen LogP) is -0.291. The van der Waals surface area contributed by atoms with E-state index in [9.17, 15) is 9.90 Å². The summed E-state index contributed by atoms with van der Waals surface area (Å²) in [6, 6.07) is 0. The molecular formula is C7H14N2O3. The summed E-state index contributed by atoms with van der Waals surface area (Å²) < 4.78 is 0. The maximum Gasteiger partial charge on any atom is 0.220 e. The first-order chi connectivity index (χ1) is 5.57. The summed E-state index contributed by atoms with van der Waals surface area (Å²) in [4.78, 5) is 10.4. The van der Waals surface area contributed by atoms with Crippen LogP contribution in [0.1, 0.15) is 19.8 Å². The lowest BCUT2D eigenvalue weighted by molar-refractivity contribution is -0.120. The van der Waals surface area contributed by atoms with E-state index in [2.05, 4.69) is 5.16 Å². The average Bonchev–Trinajstić information content (AvgIpc) is 1.98. The van der Waals surface area contributed by atoms with E-state index in [1.54, 1.807) is 6.92 Å². The van der Waals surface area contributed by atoms with E-state index >= 15 is 0 Å². The van der Waals surface area contributed by atoms with Crippen LogP contribution in [0.3, 0.4) is 0 Å². The van der Waals surface area contributed by atoms with Crippen LogP contribution in [0.5, 0.6) is 0 Å². The molecule has 5 heteroatoms. The third-order valence-corrected chi connectivity index (χ3v) is 1.63. The van der Waals surface area contributed by atoms with Crippen molar-refractivity contribution in [1.82, 2.24) is 0 Å². The van der Waals surface area contributed by atoms with Crippen LogP contribution in [-0.2, 0) is 4.79 Å². The fraction of sp³-hybridized carbons (Fsp3) is 0.714. The van der Waals surface area contributed by atoms with Crippen molar-refractivity contribution in [2.45, 2.75) is 25.9 Å². The van der Waals surface area contributed by atoms with Crippen molar-refractivity contribution in [3.8, 4) is 0 Å². The first kappa shape index (κ1) is 10.9. The van der Waals surface area contributed by atoms with Crippen molar-refractivity contribution in [2.24, 2.45) is 16.8 Å². The molecule has 0 rings (SSSR count). The van der Waals surface area contributed by atoms with E-state index in [0.29, 0.717) is 6.42 Å². The van der Waals surface area contributed by atoms with Gasteiger partial charge in [0, 0.05) is 6.21 Å². The van der Waals surface area contributed by atoms with Gasteiger partial charge in [-0.05, 0) is 12.3 Å². The molecule has 5 nitrogen and oxygen atoms in total. The molecule has 0 bridgehead atoms. The van der Waals surface area contributed by atoms with Crippen molar-refractivity contribution < 1.29 is 15.1 Å². The van der Waals surface area contributed by atoms with Crippen LogP contribution in [0.2, 0.25) is 0 Å². The lowest BCUT2D eigenvalue weighted by Gasteiger charge is -2.14. The van der Waals surface area contributed by atoms with Gasteiger partial charge < -0.3 is 16.0 Å². The van der Waals surface area contributed by atoms with Gasteiger partial charge in [-0.3, -0.25) is 4.79 Å². The topological polar surface area (TPSA) is 95.9 Å². The Balaban J connectivity index is 3.75. The maximum absolute atomic E-state index is 10.4. The zero-order valence-electron chi connectivity index (χ0n) is 6.97.